The first-order valence-electron chi connectivity index (χ1n) is 7.43. The average molecular weight is 277 g/mol. The van der Waals surface area contributed by atoms with E-state index in [9.17, 15) is 0 Å². The van der Waals surface area contributed by atoms with Crippen molar-refractivity contribution in [3.05, 3.63) is 29.8 Å². The smallest absolute Gasteiger partial charge is 0.0434 e. The van der Waals surface area contributed by atoms with E-state index in [0.29, 0.717) is 12.5 Å². The summed E-state index contributed by atoms with van der Waals surface area (Å²) >= 11 is 2.05. The van der Waals surface area contributed by atoms with E-state index in [1.807, 2.05) is 0 Å². The zero-order valence-corrected chi connectivity index (χ0v) is 12.2. The van der Waals surface area contributed by atoms with Gasteiger partial charge in [-0.25, -0.2) is 0 Å². The second-order valence-corrected chi connectivity index (χ2v) is 7.17. The molecule has 19 heavy (non-hydrogen) atoms. The Balaban J connectivity index is 1.53. The first kappa shape index (κ1) is 13.5. The van der Waals surface area contributed by atoms with Crippen LogP contribution in [0.5, 0.6) is 0 Å². The first-order chi connectivity index (χ1) is 9.35. The Morgan fingerprint density at radius 2 is 2.21 bits per heavy atom. The van der Waals surface area contributed by atoms with Gasteiger partial charge in [0.05, 0.1) is 0 Å². The summed E-state index contributed by atoms with van der Waals surface area (Å²) in [5.74, 6) is 0.715. The van der Waals surface area contributed by atoms with E-state index in [2.05, 4.69) is 40.9 Å². The van der Waals surface area contributed by atoms with Gasteiger partial charge in [0, 0.05) is 29.8 Å². The zero-order valence-electron chi connectivity index (χ0n) is 11.4. The third kappa shape index (κ3) is 3.33. The van der Waals surface area contributed by atoms with Crippen LogP contribution in [0.1, 0.15) is 24.8 Å². The molecule has 2 nitrogen and oxygen atoms in total. The number of hydrogen-bond donors (Lipinski definition) is 1. The minimum Gasteiger partial charge on any atom is -0.396 e. The van der Waals surface area contributed by atoms with Crippen LogP contribution in [-0.2, 0) is 6.42 Å². The van der Waals surface area contributed by atoms with Crippen molar-refractivity contribution in [2.75, 3.05) is 26.2 Å². The fourth-order valence-electron chi connectivity index (χ4n) is 3.38. The number of nitrogens with zero attached hydrogens (tertiary/aromatic N) is 1. The molecule has 1 saturated heterocycles. The van der Waals surface area contributed by atoms with Gasteiger partial charge in [0.15, 0.2) is 0 Å². The van der Waals surface area contributed by atoms with Crippen LogP contribution in [-0.4, -0.2) is 41.5 Å². The molecule has 0 saturated carbocycles. The third-order valence-corrected chi connectivity index (χ3v) is 5.62. The summed E-state index contributed by atoms with van der Waals surface area (Å²) in [6, 6.07) is 8.82. The first-order valence-corrected chi connectivity index (χ1v) is 8.31. The van der Waals surface area contributed by atoms with Crippen molar-refractivity contribution >= 4 is 11.8 Å². The lowest BCUT2D eigenvalue weighted by atomic mass is 9.95. The van der Waals surface area contributed by atoms with Crippen molar-refractivity contribution in [1.29, 1.82) is 0 Å². The Hall–Kier alpha value is -0.510. The van der Waals surface area contributed by atoms with Gasteiger partial charge < -0.3 is 10.0 Å². The molecule has 2 unspecified atom stereocenters. The van der Waals surface area contributed by atoms with Gasteiger partial charge in [-0.3, -0.25) is 0 Å². The van der Waals surface area contributed by atoms with Gasteiger partial charge in [0.25, 0.3) is 0 Å². The highest BCUT2D eigenvalue weighted by molar-refractivity contribution is 8.00. The molecule has 1 fully saturated rings. The largest absolute Gasteiger partial charge is 0.396 e. The standard InChI is InChI=1S/C16H23NOS/c18-9-7-13-4-3-8-17(11-13)12-15-10-14-5-1-2-6-16(14)19-15/h1-2,5-6,13,15,18H,3-4,7-12H2. The van der Waals surface area contributed by atoms with Crippen molar-refractivity contribution in [3.63, 3.8) is 0 Å². The predicted octanol–water partition coefficient (Wildman–Crippen LogP) is 2.80. The molecule has 2 heterocycles. The van der Waals surface area contributed by atoms with Crippen LogP contribution < -0.4 is 0 Å². The van der Waals surface area contributed by atoms with E-state index >= 15 is 0 Å². The summed E-state index contributed by atoms with van der Waals surface area (Å²) in [7, 11) is 0. The van der Waals surface area contributed by atoms with Crippen LogP contribution in [0.15, 0.2) is 29.2 Å². The Morgan fingerprint density at radius 1 is 1.32 bits per heavy atom. The van der Waals surface area contributed by atoms with E-state index in [-0.39, 0.29) is 0 Å². The van der Waals surface area contributed by atoms with Crippen molar-refractivity contribution in [2.24, 2.45) is 5.92 Å². The van der Waals surface area contributed by atoms with Gasteiger partial charge in [-0.15, -0.1) is 11.8 Å². The zero-order chi connectivity index (χ0) is 13.1. The number of likely N-dealkylation sites (tertiary alicyclic amines) is 1. The average Bonchev–Trinajstić information content (AvgIpc) is 2.81. The molecule has 3 heteroatoms. The van der Waals surface area contributed by atoms with Crippen molar-refractivity contribution in [1.82, 2.24) is 4.90 Å². The predicted molar refractivity (Wildman–Crippen MR) is 80.7 cm³/mol. The van der Waals surface area contributed by atoms with Gasteiger partial charge in [0.2, 0.25) is 0 Å². The Bertz CT molecular complexity index is 396. The van der Waals surface area contributed by atoms with Crippen LogP contribution in [0, 0.1) is 5.92 Å². The number of benzene rings is 1. The van der Waals surface area contributed by atoms with Crippen LogP contribution in [0.4, 0.5) is 0 Å². The molecule has 0 spiro atoms. The maximum Gasteiger partial charge on any atom is 0.0434 e. The minimum atomic E-state index is 0.349. The highest BCUT2D eigenvalue weighted by Crippen LogP contribution is 2.37. The van der Waals surface area contributed by atoms with E-state index in [1.165, 1.54) is 49.4 Å². The molecule has 1 aromatic rings. The van der Waals surface area contributed by atoms with Gasteiger partial charge in [-0.05, 0) is 49.8 Å². The summed E-state index contributed by atoms with van der Waals surface area (Å²) in [5.41, 5.74) is 1.53. The highest BCUT2D eigenvalue weighted by Gasteiger charge is 2.26. The molecule has 104 valence electrons. The summed E-state index contributed by atoms with van der Waals surface area (Å²) in [6.45, 7) is 3.99. The molecular formula is C16H23NOS. The Kier molecular flexibility index (Phi) is 4.46. The molecule has 1 N–H and O–H groups in total. The fraction of sp³-hybridized carbons (Fsp3) is 0.625. The van der Waals surface area contributed by atoms with Gasteiger partial charge in [0.1, 0.15) is 0 Å². The van der Waals surface area contributed by atoms with Crippen LogP contribution in [0.25, 0.3) is 0 Å². The molecule has 2 aliphatic heterocycles. The highest BCUT2D eigenvalue weighted by atomic mass is 32.2. The number of fused-ring (bicyclic) bond motifs is 1. The van der Waals surface area contributed by atoms with Gasteiger partial charge >= 0.3 is 0 Å². The second-order valence-electron chi connectivity index (χ2n) is 5.83. The summed E-state index contributed by atoms with van der Waals surface area (Å²) in [4.78, 5) is 4.10. The number of hydrogen-bond acceptors (Lipinski definition) is 3. The van der Waals surface area contributed by atoms with E-state index in [4.69, 9.17) is 5.11 Å². The maximum absolute atomic E-state index is 9.08. The Morgan fingerprint density at radius 3 is 3.05 bits per heavy atom. The van der Waals surface area contributed by atoms with Gasteiger partial charge in [-0.1, -0.05) is 18.2 Å². The normalized spacial score (nSPS) is 27.4. The SMILES string of the molecule is OCCC1CCCN(CC2Cc3ccccc3S2)C1. The van der Waals surface area contributed by atoms with Crippen LogP contribution in [0.2, 0.25) is 0 Å². The molecule has 2 aliphatic rings. The fourth-order valence-corrected chi connectivity index (χ4v) is 4.75. The number of aliphatic hydroxyl groups is 1. The molecular weight excluding hydrogens is 254 g/mol. The van der Waals surface area contributed by atoms with E-state index in [1.54, 1.807) is 0 Å². The molecule has 3 rings (SSSR count). The van der Waals surface area contributed by atoms with E-state index < -0.39 is 0 Å². The summed E-state index contributed by atoms with van der Waals surface area (Å²) in [5, 5.41) is 9.81. The lowest BCUT2D eigenvalue weighted by molar-refractivity contribution is 0.148. The topological polar surface area (TPSA) is 23.5 Å². The minimum absolute atomic E-state index is 0.349. The molecule has 2 atom stereocenters. The summed E-state index contributed by atoms with van der Waals surface area (Å²) < 4.78 is 0. The second kappa shape index (κ2) is 6.29. The number of piperidine rings is 1. The van der Waals surface area contributed by atoms with Crippen LogP contribution in [0.3, 0.4) is 0 Å². The number of rotatable bonds is 4. The van der Waals surface area contributed by atoms with Crippen LogP contribution >= 0.6 is 11.8 Å². The molecule has 0 aliphatic carbocycles. The van der Waals surface area contributed by atoms with Crippen molar-refractivity contribution in [2.45, 2.75) is 35.8 Å². The molecule has 0 amide bonds. The molecule has 1 aromatic carbocycles. The lowest BCUT2D eigenvalue weighted by Crippen LogP contribution is -2.39. The third-order valence-electron chi connectivity index (χ3n) is 4.32. The molecule has 0 radical (unpaired) electrons. The monoisotopic (exact) mass is 277 g/mol. The van der Waals surface area contributed by atoms with Gasteiger partial charge in [-0.2, -0.15) is 0 Å². The summed E-state index contributed by atoms with van der Waals surface area (Å²) in [6.07, 6.45) is 4.81. The molecule has 0 aromatic heterocycles. The van der Waals surface area contributed by atoms with Crippen molar-refractivity contribution in [3.8, 4) is 0 Å². The number of aliphatic hydroxyl groups excluding tert-OH is 1. The Labute approximate surface area is 120 Å². The lowest BCUT2D eigenvalue weighted by Gasteiger charge is -2.33. The van der Waals surface area contributed by atoms with Crippen molar-refractivity contribution < 1.29 is 5.11 Å². The van der Waals surface area contributed by atoms with E-state index in [0.717, 1.165) is 11.7 Å². The number of thioether (sulfide) groups is 1. The molecule has 0 bridgehead atoms. The quantitative estimate of drug-likeness (QED) is 0.915. The maximum atomic E-state index is 9.08.